The van der Waals surface area contributed by atoms with Crippen LogP contribution in [-0.4, -0.2) is 43.1 Å². The average molecular weight is 463 g/mol. The van der Waals surface area contributed by atoms with E-state index in [4.69, 9.17) is 0 Å². The van der Waals surface area contributed by atoms with E-state index < -0.39 is 27.2 Å². The number of nitrogens with zero attached hydrogens (tertiary/aromatic N) is 3. The van der Waals surface area contributed by atoms with Gasteiger partial charge in [-0.2, -0.15) is 4.68 Å². The van der Waals surface area contributed by atoms with Gasteiger partial charge in [-0.25, -0.2) is 21.9 Å². The number of rotatable bonds is 5. The lowest BCUT2D eigenvalue weighted by Crippen LogP contribution is -2.44. The highest BCUT2D eigenvalue weighted by Crippen LogP contribution is 2.26. The maximum absolute atomic E-state index is 14.5. The Morgan fingerprint density at radius 3 is 2.59 bits per heavy atom. The quantitative estimate of drug-likeness (QED) is 0.630. The first-order valence-electron chi connectivity index (χ1n) is 10.5. The van der Waals surface area contributed by atoms with Crippen LogP contribution in [-0.2, 0) is 10.0 Å². The Labute approximate surface area is 184 Å². The summed E-state index contributed by atoms with van der Waals surface area (Å²) in [7, 11) is -3.39. The maximum atomic E-state index is 14.5. The Bertz CT molecular complexity index is 1310. The van der Waals surface area contributed by atoms with E-state index in [1.54, 1.807) is 31.2 Å². The highest BCUT2D eigenvalue weighted by Gasteiger charge is 2.25. The van der Waals surface area contributed by atoms with E-state index in [0.29, 0.717) is 42.2 Å². The minimum Gasteiger partial charge on any atom is -0.353 e. The summed E-state index contributed by atoms with van der Waals surface area (Å²) in [6.07, 6.45) is 2.32. The lowest BCUT2D eigenvalue weighted by Gasteiger charge is -2.27. The van der Waals surface area contributed by atoms with Crippen LogP contribution in [0, 0.1) is 11.6 Å². The van der Waals surface area contributed by atoms with E-state index in [-0.39, 0.29) is 17.5 Å². The van der Waals surface area contributed by atoms with Crippen molar-refractivity contribution in [3.8, 4) is 5.69 Å². The first kappa shape index (κ1) is 22.3. The molecule has 32 heavy (non-hydrogen) atoms. The van der Waals surface area contributed by atoms with Crippen LogP contribution < -0.4 is 15.2 Å². The molecule has 0 aliphatic carbocycles. The van der Waals surface area contributed by atoms with Crippen LogP contribution in [0.4, 0.5) is 14.6 Å². The van der Waals surface area contributed by atoms with Crippen molar-refractivity contribution in [1.82, 2.24) is 14.5 Å². The highest BCUT2D eigenvalue weighted by molar-refractivity contribution is 7.89. The fourth-order valence-corrected chi connectivity index (χ4v) is 4.86. The van der Waals surface area contributed by atoms with Gasteiger partial charge in [0.15, 0.2) is 11.6 Å². The van der Waals surface area contributed by atoms with Gasteiger partial charge in [0.05, 0.1) is 11.1 Å². The van der Waals surface area contributed by atoms with E-state index in [2.05, 4.69) is 9.82 Å². The fourth-order valence-electron chi connectivity index (χ4n) is 3.99. The number of sulfonamides is 1. The van der Waals surface area contributed by atoms with Crippen LogP contribution in [0.1, 0.15) is 26.2 Å². The SMILES string of the molecule is CCS(=O)(=O)NC1CCCCN(c2nn(-c3ccc(F)cc3F)c(=O)c3ccccc23)C1. The molecule has 0 radical (unpaired) electrons. The van der Waals surface area contributed by atoms with Gasteiger partial charge in [0.25, 0.3) is 5.56 Å². The second-order valence-electron chi connectivity index (χ2n) is 7.84. The van der Waals surface area contributed by atoms with Gasteiger partial charge in [-0.1, -0.05) is 24.6 Å². The summed E-state index contributed by atoms with van der Waals surface area (Å²) in [5.74, 6) is -1.21. The van der Waals surface area contributed by atoms with E-state index in [1.165, 1.54) is 6.07 Å². The molecule has 0 bridgehead atoms. The van der Waals surface area contributed by atoms with Crippen LogP contribution in [0.5, 0.6) is 0 Å². The van der Waals surface area contributed by atoms with Crippen molar-refractivity contribution in [1.29, 1.82) is 0 Å². The van der Waals surface area contributed by atoms with Gasteiger partial charge in [-0.15, -0.1) is 5.10 Å². The number of halogens is 2. The Morgan fingerprint density at radius 1 is 1.12 bits per heavy atom. The smallest absolute Gasteiger partial charge is 0.279 e. The first-order chi connectivity index (χ1) is 15.3. The monoisotopic (exact) mass is 462 g/mol. The Hall–Kier alpha value is -2.85. The molecule has 1 N–H and O–H groups in total. The van der Waals surface area contributed by atoms with Crippen molar-refractivity contribution in [2.24, 2.45) is 0 Å². The molecular weight excluding hydrogens is 438 g/mol. The third-order valence-electron chi connectivity index (χ3n) is 5.62. The Balaban J connectivity index is 1.84. The van der Waals surface area contributed by atoms with Crippen molar-refractivity contribution < 1.29 is 17.2 Å². The second-order valence-corrected chi connectivity index (χ2v) is 9.88. The topological polar surface area (TPSA) is 84.3 Å². The van der Waals surface area contributed by atoms with Gasteiger partial charge in [-0.05, 0) is 38.0 Å². The third-order valence-corrected chi connectivity index (χ3v) is 7.07. The van der Waals surface area contributed by atoms with Crippen molar-refractivity contribution >= 4 is 26.6 Å². The standard InChI is InChI=1S/C22H24F2N4O3S/c1-2-32(30,31)26-16-7-5-6-12-27(14-16)21-17-8-3-4-9-18(17)22(29)28(25-21)20-11-10-15(23)13-19(20)24/h3-4,8-11,13,16,26H,2,5-7,12,14H2,1H3. The van der Waals surface area contributed by atoms with Crippen LogP contribution in [0.25, 0.3) is 16.5 Å². The van der Waals surface area contributed by atoms with Gasteiger partial charge < -0.3 is 4.90 Å². The zero-order chi connectivity index (χ0) is 22.9. The molecule has 1 unspecified atom stereocenters. The molecule has 10 heteroatoms. The molecule has 3 aromatic rings. The molecule has 1 saturated heterocycles. The molecule has 7 nitrogen and oxygen atoms in total. The molecule has 2 aromatic carbocycles. The second kappa shape index (κ2) is 8.95. The summed E-state index contributed by atoms with van der Waals surface area (Å²) in [5.41, 5.74) is -0.672. The van der Waals surface area contributed by atoms with Gasteiger partial charge in [0, 0.05) is 30.6 Å². The third kappa shape index (κ3) is 4.51. The molecule has 4 rings (SSSR count). The largest absolute Gasteiger partial charge is 0.353 e. The summed E-state index contributed by atoms with van der Waals surface area (Å²) in [5, 5.41) is 5.40. The molecule has 1 aliphatic rings. The summed E-state index contributed by atoms with van der Waals surface area (Å²) in [6.45, 7) is 2.55. The van der Waals surface area contributed by atoms with Crippen LogP contribution in [0.15, 0.2) is 47.3 Å². The minimum atomic E-state index is -3.39. The number of aromatic nitrogens is 2. The molecule has 0 amide bonds. The lowest BCUT2D eigenvalue weighted by atomic mass is 10.1. The van der Waals surface area contributed by atoms with Crippen molar-refractivity contribution in [3.63, 3.8) is 0 Å². The zero-order valence-electron chi connectivity index (χ0n) is 17.6. The number of hydrogen-bond acceptors (Lipinski definition) is 5. The molecule has 2 heterocycles. The van der Waals surface area contributed by atoms with E-state index in [1.807, 2.05) is 4.90 Å². The molecule has 170 valence electrons. The predicted octanol–water partition coefficient (Wildman–Crippen LogP) is 2.96. The van der Waals surface area contributed by atoms with E-state index in [0.717, 1.165) is 23.6 Å². The Kier molecular flexibility index (Phi) is 6.25. The number of fused-ring (bicyclic) bond motifs is 1. The summed E-state index contributed by atoms with van der Waals surface area (Å²) in [6, 6.07) is 9.53. The summed E-state index contributed by atoms with van der Waals surface area (Å²) in [4.78, 5) is 15.0. The van der Waals surface area contributed by atoms with Crippen LogP contribution in [0.3, 0.4) is 0 Å². The lowest BCUT2D eigenvalue weighted by molar-refractivity contribution is 0.531. The predicted molar refractivity (Wildman–Crippen MR) is 120 cm³/mol. The number of anilines is 1. The number of hydrogen-bond donors (Lipinski definition) is 1. The molecule has 1 aromatic heterocycles. The molecule has 0 saturated carbocycles. The molecular formula is C22H24F2N4O3S. The van der Waals surface area contributed by atoms with Crippen LogP contribution in [0.2, 0.25) is 0 Å². The van der Waals surface area contributed by atoms with Crippen molar-refractivity contribution in [3.05, 3.63) is 64.5 Å². The minimum absolute atomic E-state index is 0.0145. The fraction of sp³-hybridized carbons (Fsp3) is 0.364. The van der Waals surface area contributed by atoms with Crippen molar-refractivity contribution in [2.75, 3.05) is 23.7 Å². The van der Waals surface area contributed by atoms with Crippen LogP contribution >= 0.6 is 0 Å². The van der Waals surface area contributed by atoms with E-state index >= 15 is 0 Å². The average Bonchev–Trinajstić information content (AvgIpc) is 3.00. The van der Waals surface area contributed by atoms with Gasteiger partial charge in [0.2, 0.25) is 10.0 Å². The molecule has 1 atom stereocenters. The van der Waals surface area contributed by atoms with Crippen molar-refractivity contribution in [2.45, 2.75) is 32.2 Å². The van der Waals surface area contributed by atoms with E-state index in [9.17, 15) is 22.0 Å². The van der Waals surface area contributed by atoms with Gasteiger partial charge >= 0.3 is 0 Å². The number of nitrogens with one attached hydrogen (secondary N) is 1. The van der Waals surface area contributed by atoms with Gasteiger partial charge in [0.1, 0.15) is 11.5 Å². The highest BCUT2D eigenvalue weighted by atomic mass is 32.2. The molecule has 1 aliphatic heterocycles. The summed E-state index contributed by atoms with van der Waals surface area (Å²) >= 11 is 0. The normalized spacial score (nSPS) is 17.5. The van der Waals surface area contributed by atoms with Gasteiger partial charge in [-0.3, -0.25) is 4.79 Å². The number of benzene rings is 2. The zero-order valence-corrected chi connectivity index (χ0v) is 18.4. The maximum Gasteiger partial charge on any atom is 0.279 e. The summed E-state index contributed by atoms with van der Waals surface area (Å²) < 4.78 is 55.9. The molecule has 1 fully saturated rings. The first-order valence-corrected chi connectivity index (χ1v) is 12.2. The molecule has 0 spiro atoms. The Morgan fingerprint density at radius 2 is 1.88 bits per heavy atom.